The zero-order valence-corrected chi connectivity index (χ0v) is 11.0. The summed E-state index contributed by atoms with van der Waals surface area (Å²) in [5.41, 5.74) is 0.955. The Morgan fingerprint density at radius 2 is 1.88 bits per heavy atom. The van der Waals surface area contributed by atoms with Gasteiger partial charge in [0, 0.05) is 11.2 Å². The molecule has 0 bridgehead atoms. The van der Waals surface area contributed by atoms with Gasteiger partial charge in [-0.1, -0.05) is 37.6 Å². The van der Waals surface area contributed by atoms with Crippen molar-refractivity contribution in [2.24, 2.45) is 4.99 Å². The molecule has 16 heavy (non-hydrogen) atoms. The number of halogens is 2. The second-order valence-electron chi connectivity index (χ2n) is 2.85. The largest absolute Gasteiger partial charge is 0.390 e. The molecule has 4 heteroatoms. The standard InChI is InChI=1S/C10H11Cl2NO.C2H6/c11-5-10(14)7-13-6-8-1-3-9(12)4-2-8;1-2/h1-4,6,10,14H,5,7H2;1-2H3. The van der Waals surface area contributed by atoms with Crippen molar-refractivity contribution in [3.8, 4) is 0 Å². The van der Waals surface area contributed by atoms with Crippen molar-refractivity contribution in [3.05, 3.63) is 34.9 Å². The molecule has 1 aromatic rings. The summed E-state index contributed by atoms with van der Waals surface area (Å²) in [6.07, 6.45) is 1.12. The van der Waals surface area contributed by atoms with Gasteiger partial charge in [-0.05, 0) is 17.7 Å². The SMILES string of the molecule is CC.OC(CCl)CN=Cc1ccc(Cl)cc1. The fraction of sp³-hybridized carbons (Fsp3) is 0.417. The molecule has 1 aromatic carbocycles. The molecule has 0 spiro atoms. The normalized spacial score (nSPS) is 12.1. The third-order valence-electron chi connectivity index (χ3n) is 1.60. The highest BCUT2D eigenvalue weighted by Gasteiger charge is 1.97. The van der Waals surface area contributed by atoms with E-state index >= 15 is 0 Å². The molecule has 0 aliphatic rings. The highest BCUT2D eigenvalue weighted by atomic mass is 35.5. The van der Waals surface area contributed by atoms with E-state index in [1.807, 2.05) is 26.0 Å². The summed E-state index contributed by atoms with van der Waals surface area (Å²) in [6, 6.07) is 7.31. The van der Waals surface area contributed by atoms with Crippen molar-refractivity contribution in [3.63, 3.8) is 0 Å². The van der Waals surface area contributed by atoms with E-state index in [0.29, 0.717) is 11.6 Å². The lowest BCUT2D eigenvalue weighted by Gasteiger charge is -2.00. The quantitative estimate of drug-likeness (QED) is 0.654. The average Bonchev–Trinajstić information content (AvgIpc) is 2.34. The van der Waals surface area contributed by atoms with Gasteiger partial charge in [0.15, 0.2) is 0 Å². The minimum atomic E-state index is -0.569. The zero-order valence-electron chi connectivity index (χ0n) is 9.53. The molecule has 0 saturated heterocycles. The molecular formula is C12H17Cl2NO. The molecule has 0 heterocycles. The van der Waals surface area contributed by atoms with Crippen LogP contribution < -0.4 is 0 Å². The number of rotatable bonds is 4. The number of aliphatic imine (C=N–C) groups is 1. The molecule has 1 rings (SSSR count). The first kappa shape index (κ1) is 15.4. The molecule has 0 aromatic heterocycles. The summed E-state index contributed by atoms with van der Waals surface area (Å²) < 4.78 is 0. The van der Waals surface area contributed by atoms with Crippen LogP contribution in [0, 0.1) is 0 Å². The van der Waals surface area contributed by atoms with Gasteiger partial charge in [-0.15, -0.1) is 11.6 Å². The molecular weight excluding hydrogens is 245 g/mol. The average molecular weight is 262 g/mol. The Labute approximate surface area is 107 Å². The minimum Gasteiger partial charge on any atom is -0.390 e. The van der Waals surface area contributed by atoms with Gasteiger partial charge in [-0.2, -0.15) is 0 Å². The fourth-order valence-electron chi connectivity index (χ4n) is 0.877. The molecule has 1 atom stereocenters. The van der Waals surface area contributed by atoms with Crippen LogP contribution in [0.3, 0.4) is 0 Å². The van der Waals surface area contributed by atoms with Gasteiger partial charge in [0.25, 0.3) is 0 Å². The Morgan fingerprint density at radius 3 is 2.38 bits per heavy atom. The maximum atomic E-state index is 9.11. The summed E-state index contributed by atoms with van der Waals surface area (Å²) >= 11 is 11.1. The van der Waals surface area contributed by atoms with E-state index in [4.69, 9.17) is 28.3 Å². The molecule has 2 nitrogen and oxygen atoms in total. The van der Waals surface area contributed by atoms with E-state index in [2.05, 4.69) is 4.99 Å². The molecule has 0 radical (unpaired) electrons. The number of hydrogen-bond acceptors (Lipinski definition) is 2. The first-order valence-corrected chi connectivity index (χ1v) is 6.13. The van der Waals surface area contributed by atoms with Gasteiger partial charge < -0.3 is 5.11 Å². The third-order valence-corrected chi connectivity index (χ3v) is 2.21. The van der Waals surface area contributed by atoms with Gasteiger partial charge in [0.05, 0.1) is 18.5 Å². The summed E-state index contributed by atoms with van der Waals surface area (Å²) in [4.78, 5) is 4.04. The maximum Gasteiger partial charge on any atom is 0.0870 e. The monoisotopic (exact) mass is 261 g/mol. The van der Waals surface area contributed by atoms with Crippen LogP contribution in [0.1, 0.15) is 19.4 Å². The van der Waals surface area contributed by atoms with Crippen molar-refractivity contribution < 1.29 is 5.11 Å². The summed E-state index contributed by atoms with van der Waals surface area (Å²) in [7, 11) is 0. The lowest BCUT2D eigenvalue weighted by atomic mass is 10.2. The highest BCUT2D eigenvalue weighted by Crippen LogP contribution is 2.07. The first-order valence-electron chi connectivity index (χ1n) is 5.22. The fourth-order valence-corrected chi connectivity index (χ4v) is 1.10. The maximum absolute atomic E-state index is 9.11. The van der Waals surface area contributed by atoms with Crippen molar-refractivity contribution in [2.45, 2.75) is 20.0 Å². The van der Waals surface area contributed by atoms with Crippen LogP contribution in [0.5, 0.6) is 0 Å². The number of nitrogens with zero attached hydrogens (tertiary/aromatic N) is 1. The van der Waals surface area contributed by atoms with Crippen LogP contribution in [-0.4, -0.2) is 29.8 Å². The number of aliphatic hydroxyl groups is 1. The van der Waals surface area contributed by atoms with E-state index in [1.54, 1.807) is 18.3 Å². The van der Waals surface area contributed by atoms with Crippen molar-refractivity contribution in [1.29, 1.82) is 0 Å². The molecule has 1 unspecified atom stereocenters. The Bertz CT molecular complexity index is 298. The zero-order chi connectivity index (χ0) is 12.4. The van der Waals surface area contributed by atoms with Crippen molar-refractivity contribution in [1.82, 2.24) is 0 Å². The van der Waals surface area contributed by atoms with Crippen LogP contribution in [-0.2, 0) is 0 Å². The molecule has 0 amide bonds. The number of hydrogen-bond donors (Lipinski definition) is 1. The van der Waals surface area contributed by atoms with E-state index in [9.17, 15) is 0 Å². The van der Waals surface area contributed by atoms with Crippen LogP contribution in [0.2, 0.25) is 5.02 Å². The second kappa shape index (κ2) is 9.64. The highest BCUT2D eigenvalue weighted by molar-refractivity contribution is 6.30. The second-order valence-corrected chi connectivity index (χ2v) is 3.60. The van der Waals surface area contributed by atoms with Crippen molar-refractivity contribution in [2.75, 3.05) is 12.4 Å². The van der Waals surface area contributed by atoms with E-state index < -0.39 is 6.10 Å². The Hall–Kier alpha value is -0.570. The molecule has 90 valence electrons. The van der Waals surface area contributed by atoms with Crippen LogP contribution >= 0.6 is 23.2 Å². The molecule has 0 aliphatic heterocycles. The van der Waals surface area contributed by atoms with Gasteiger partial charge in [-0.25, -0.2) is 0 Å². The first-order chi connectivity index (χ1) is 7.72. The predicted octanol–water partition coefficient (Wildman–Crippen LogP) is 3.38. The summed E-state index contributed by atoms with van der Waals surface area (Å²) in [6.45, 7) is 4.33. The minimum absolute atomic E-state index is 0.206. The van der Waals surface area contributed by atoms with Gasteiger partial charge in [0.2, 0.25) is 0 Å². The van der Waals surface area contributed by atoms with Crippen LogP contribution in [0.15, 0.2) is 29.3 Å². The number of benzene rings is 1. The topological polar surface area (TPSA) is 32.6 Å². The van der Waals surface area contributed by atoms with Crippen LogP contribution in [0.4, 0.5) is 0 Å². The van der Waals surface area contributed by atoms with E-state index in [-0.39, 0.29) is 5.88 Å². The molecule has 1 N–H and O–H groups in total. The Balaban J connectivity index is 0.00000106. The lowest BCUT2D eigenvalue weighted by Crippen LogP contribution is -2.12. The van der Waals surface area contributed by atoms with Gasteiger partial charge >= 0.3 is 0 Å². The summed E-state index contributed by atoms with van der Waals surface area (Å²) in [5, 5.41) is 9.81. The Morgan fingerprint density at radius 1 is 1.31 bits per heavy atom. The Kier molecular flexibility index (Phi) is 9.30. The predicted molar refractivity (Wildman–Crippen MR) is 72.0 cm³/mol. The molecule has 0 saturated carbocycles. The molecule has 0 fully saturated rings. The van der Waals surface area contributed by atoms with Gasteiger partial charge in [0.1, 0.15) is 0 Å². The van der Waals surface area contributed by atoms with Crippen molar-refractivity contribution >= 4 is 29.4 Å². The summed E-state index contributed by atoms with van der Waals surface area (Å²) in [5.74, 6) is 0.206. The lowest BCUT2D eigenvalue weighted by molar-refractivity contribution is 0.207. The number of aliphatic hydroxyl groups excluding tert-OH is 1. The number of alkyl halides is 1. The third kappa shape index (κ3) is 6.83. The smallest absolute Gasteiger partial charge is 0.0870 e. The van der Waals surface area contributed by atoms with E-state index in [1.165, 1.54) is 0 Å². The van der Waals surface area contributed by atoms with Crippen LogP contribution in [0.25, 0.3) is 0 Å². The van der Waals surface area contributed by atoms with Gasteiger partial charge in [-0.3, -0.25) is 4.99 Å². The van der Waals surface area contributed by atoms with E-state index in [0.717, 1.165) is 5.56 Å². The molecule has 0 aliphatic carbocycles.